The summed E-state index contributed by atoms with van der Waals surface area (Å²) in [6.07, 6.45) is 3.21. The standard InChI is InChI=1S/C13H12BrF2NO2/c14-11-1-2-12(19-13(15)16)10(5-11)7-17-6-9-3-4-18-8-9/h1-5,8,13,17H,6-7H2. The largest absolute Gasteiger partial charge is 0.472 e. The van der Waals surface area contributed by atoms with Crippen LogP contribution in [0.5, 0.6) is 5.75 Å². The molecule has 0 atom stereocenters. The number of rotatable bonds is 6. The van der Waals surface area contributed by atoms with Crippen LogP contribution in [0.25, 0.3) is 0 Å². The molecule has 0 spiro atoms. The van der Waals surface area contributed by atoms with E-state index in [2.05, 4.69) is 26.0 Å². The van der Waals surface area contributed by atoms with Crippen molar-refractivity contribution in [1.82, 2.24) is 5.32 Å². The molecule has 0 saturated carbocycles. The average Bonchev–Trinajstić information content (AvgIpc) is 2.85. The molecule has 2 rings (SSSR count). The van der Waals surface area contributed by atoms with Gasteiger partial charge in [-0.05, 0) is 24.3 Å². The summed E-state index contributed by atoms with van der Waals surface area (Å²) in [7, 11) is 0. The van der Waals surface area contributed by atoms with Crippen molar-refractivity contribution in [2.45, 2.75) is 19.7 Å². The van der Waals surface area contributed by atoms with Crippen molar-refractivity contribution in [2.24, 2.45) is 0 Å². The molecule has 1 aromatic carbocycles. The number of benzene rings is 1. The van der Waals surface area contributed by atoms with Gasteiger partial charge >= 0.3 is 6.61 Å². The van der Waals surface area contributed by atoms with Gasteiger partial charge in [-0.15, -0.1) is 0 Å². The maximum absolute atomic E-state index is 12.3. The van der Waals surface area contributed by atoms with E-state index in [1.165, 1.54) is 6.07 Å². The van der Waals surface area contributed by atoms with Crippen molar-refractivity contribution in [3.8, 4) is 5.75 Å². The maximum Gasteiger partial charge on any atom is 0.387 e. The van der Waals surface area contributed by atoms with E-state index in [9.17, 15) is 8.78 Å². The van der Waals surface area contributed by atoms with E-state index in [0.29, 0.717) is 18.7 Å². The topological polar surface area (TPSA) is 34.4 Å². The fraction of sp³-hybridized carbons (Fsp3) is 0.231. The van der Waals surface area contributed by atoms with Crippen molar-refractivity contribution in [1.29, 1.82) is 0 Å². The molecular formula is C13H12BrF2NO2. The highest BCUT2D eigenvalue weighted by atomic mass is 79.9. The van der Waals surface area contributed by atoms with Gasteiger partial charge in [-0.2, -0.15) is 8.78 Å². The van der Waals surface area contributed by atoms with Crippen LogP contribution in [0.3, 0.4) is 0 Å². The summed E-state index contributed by atoms with van der Waals surface area (Å²) in [4.78, 5) is 0. The zero-order valence-corrected chi connectivity index (χ0v) is 11.5. The Morgan fingerprint density at radius 2 is 2.11 bits per heavy atom. The summed E-state index contributed by atoms with van der Waals surface area (Å²) in [5.74, 6) is 0.179. The van der Waals surface area contributed by atoms with Gasteiger partial charge in [0.25, 0.3) is 0 Å². The van der Waals surface area contributed by atoms with Crippen LogP contribution in [0.4, 0.5) is 8.78 Å². The Bertz CT molecular complexity index is 517. The average molecular weight is 332 g/mol. The molecule has 6 heteroatoms. The molecule has 0 unspecified atom stereocenters. The molecule has 1 N–H and O–H groups in total. The van der Waals surface area contributed by atoms with Crippen LogP contribution in [-0.4, -0.2) is 6.61 Å². The fourth-order valence-corrected chi connectivity index (χ4v) is 2.04. The molecule has 1 aromatic heterocycles. The zero-order chi connectivity index (χ0) is 13.7. The Kier molecular flexibility index (Phi) is 4.93. The number of alkyl halides is 2. The predicted octanol–water partition coefficient (Wildman–Crippen LogP) is 3.93. The van der Waals surface area contributed by atoms with Crippen LogP contribution >= 0.6 is 15.9 Å². The van der Waals surface area contributed by atoms with Crippen molar-refractivity contribution < 1.29 is 17.9 Å². The van der Waals surface area contributed by atoms with E-state index in [-0.39, 0.29) is 5.75 Å². The third kappa shape index (κ3) is 4.33. The lowest BCUT2D eigenvalue weighted by molar-refractivity contribution is -0.0505. The van der Waals surface area contributed by atoms with E-state index < -0.39 is 6.61 Å². The molecule has 0 saturated heterocycles. The molecular weight excluding hydrogens is 320 g/mol. The summed E-state index contributed by atoms with van der Waals surface area (Å²) < 4.78 is 34.8. The van der Waals surface area contributed by atoms with E-state index in [0.717, 1.165) is 10.0 Å². The van der Waals surface area contributed by atoms with Gasteiger partial charge in [0.2, 0.25) is 0 Å². The van der Waals surface area contributed by atoms with E-state index in [1.807, 2.05) is 6.07 Å². The summed E-state index contributed by atoms with van der Waals surface area (Å²) >= 11 is 3.31. The van der Waals surface area contributed by atoms with Crippen molar-refractivity contribution in [2.75, 3.05) is 0 Å². The molecule has 0 radical (unpaired) electrons. The first-order valence-corrected chi connectivity index (χ1v) is 6.39. The molecule has 0 fully saturated rings. The lowest BCUT2D eigenvalue weighted by Gasteiger charge is -2.11. The van der Waals surface area contributed by atoms with Gasteiger partial charge in [-0.25, -0.2) is 0 Å². The lowest BCUT2D eigenvalue weighted by atomic mass is 10.2. The number of furan rings is 1. The summed E-state index contributed by atoms with van der Waals surface area (Å²) in [5, 5.41) is 3.14. The molecule has 19 heavy (non-hydrogen) atoms. The lowest BCUT2D eigenvalue weighted by Crippen LogP contribution is -2.14. The molecule has 0 amide bonds. The van der Waals surface area contributed by atoms with E-state index in [1.54, 1.807) is 24.7 Å². The molecule has 2 aromatic rings. The number of nitrogens with one attached hydrogen (secondary N) is 1. The van der Waals surface area contributed by atoms with Gasteiger partial charge in [0.1, 0.15) is 5.75 Å². The second-order valence-electron chi connectivity index (χ2n) is 3.87. The summed E-state index contributed by atoms with van der Waals surface area (Å²) in [6, 6.07) is 6.77. The van der Waals surface area contributed by atoms with E-state index >= 15 is 0 Å². The zero-order valence-electron chi connectivity index (χ0n) is 9.91. The highest BCUT2D eigenvalue weighted by Gasteiger charge is 2.10. The Morgan fingerprint density at radius 3 is 2.79 bits per heavy atom. The van der Waals surface area contributed by atoms with Crippen LogP contribution in [0.2, 0.25) is 0 Å². The van der Waals surface area contributed by atoms with E-state index in [4.69, 9.17) is 4.42 Å². The second-order valence-corrected chi connectivity index (χ2v) is 4.78. The second kappa shape index (κ2) is 6.68. The third-order valence-electron chi connectivity index (χ3n) is 2.46. The Hall–Kier alpha value is -1.40. The third-order valence-corrected chi connectivity index (χ3v) is 2.96. The molecule has 3 nitrogen and oxygen atoms in total. The number of halogens is 3. The first-order valence-electron chi connectivity index (χ1n) is 5.60. The van der Waals surface area contributed by atoms with Crippen molar-refractivity contribution >= 4 is 15.9 Å². The fourth-order valence-electron chi connectivity index (χ4n) is 1.63. The molecule has 0 aliphatic carbocycles. The van der Waals surface area contributed by atoms with Gasteiger partial charge in [0.05, 0.1) is 12.5 Å². The van der Waals surface area contributed by atoms with Gasteiger partial charge in [-0.3, -0.25) is 0 Å². The molecule has 0 aliphatic heterocycles. The smallest absolute Gasteiger partial charge is 0.387 e. The highest BCUT2D eigenvalue weighted by molar-refractivity contribution is 9.10. The summed E-state index contributed by atoms with van der Waals surface area (Å²) in [5.41, 5.74) is 1.66. The monoisotopic (exact) mass is 331 g/mol. The van der Waals surface area contributed by atoms with Gasteiger partial charge in [0.15, 0.2) is 0 Å². The Morgan fingerprint density at radius 1 is 1.26 bits per heavy atom. The minimum atomic E-state index is -2.83. The van der Waals surface area contributed by atoms with Crippen molar-refractivity contribution in [3.05, 3.63) is 52.4 Å². The van der Waals surface area contributed by atoms with Crippen LogP contribution in [0.15, 0.2) is 45.7 Å². The number of ether oxygens (including phenoxy) is 1. The Balaban J connectivity index is 1.99. The van der Waals surface area contributed by atoms with Crippen molar-refractivity contribution in [3.63, 3.8) is 0 Å². The van der Waals surface area contributed by atoms with Crippen LogP contribution in [0, 0.1) is 0 Å². The number of hydrogen-bond acceptors (Lipinski definition) is 3. The number of hydrogen-bond donors (Lipinski definition) is 1. The highest BCUT2D eigenvalue weighted by Crippen LogP contribution is 2.24. The Labute approximate surface area is 117 Å². The minimum Gasteiger partial charge on any atom is -0.472 e. The summed E-state index contributed by atoms with van der Waals surface area (Å²) in [6.45, 7) is -1.81. The van der Waals surface area contributed by atoms with Gasteiger partial charge < -0.3 is 14.5 Å². The van der Waals surface area contributed by atoms with Crippen LogP contribution in [0.1, 0.15) is 11.1 Å². The van der Waals surface area contributed by atoms with Crippen LogP contribution < -0.4 is 10.1 Å². The van der Waals surface area contributed by atoms with Gasteiger partial charge in [0, 0.05) is 28.7 Å². The molecule has 1 heterocycles. The SMILES string of the molecule is FC(F)Oc1ccc(Br)cc1CNCc1ccoc1. The molecule has 102 valence electrons. The normalized spacial score (nSPS) is 10.9. The first-order chi connectivity index (χ1) is 9.15. The minimum absolute atomic E-state index is 0.179. The molecule has 0 aliphatic rings. The quantitative estimate of drug-likeness (QED) is 0.870. The van der Waals surface area contributed by atoms with Gasteiger partial charge in [-0.1, -0.05) is 15.9 Å². The predicted molar refractivity (Wildman–Crippen MR) is 70.0 cm³/mol. The molecule has 0 bridgehead atoms. The first kappa shape index (κ1) is 14.0. The maximum atomic E-state index is 12.3. The van der Waals surface area contributed by atoms with Crippen LogP contribution in [-0.2, 0) is 13.1 Å².